The highest BCUT2D eigenvalue weighted by atomic mass is 31.1. The molecule has 0 amide bonds. The fourth-order valence-electron chi connectivity index (χ4n) is 1.97. The monoisotopic (exact) mass is 222 g/mol. The molecule has 0 nitrogen and oxygen atoms in total. The molecule has 0 spiro atoms. The van der Waals surface area contributed by atoms with E-state index in [1.165, 1.54) is 17.9 Å². The lowest BCUT2D eigenvalue weighted by molar-refractivity contribution is 0.323. The maximum Gasteiger partial charge on any atom is -0.0271 e. The van der Waals surface area contributed by atoms with Gasteiger partial charge in [0.2, 0.25) is 0 Å². The second-order valence-electron chi connectivity index (χ2n) is 5.62. The molecule has 0 aromatic heterocycles. The molecule has 0 saturated heterocycles. The van der Waals surface area contributed by atoms with E-state index in [4.69, 9.17) is 0 Å². The van der Waals surface area contributed by atoms with Crippen molar-refractivity contribution < 1.29 is 0 Å². The van der Waals surface area contributed by atoms with Crippen molar-refractivity contribution in [2.75, 3.05) is 6.16 Å². The van der Waals surface area contributed by atoms with Crippen molar-refractivity contribution in [1.29, 1.82) is 0 Å². The van der Waals surface area contributed by atoms with Gasteiger partial charge >= 0.3 is 0 Å². The molecule has 0 saturated carbocycles. The van der Waals surface area contributed by atoms with Gasteiger partial charge in [-0.1, -0.05) is 66.6 Å². The van der Waals surface area contributed by atoms with Crippen LogP contribution in [0.4, 0.5) is 0 Å². The van der Waals surface area contributed by atoms with Crippen molar-refractivity contribution in [2.45, 2.75) is 34.1 Å². The molecule has 0 radical (unpaired) electrons. The average Bonchev–Trinajstić information content (AvgIpc) is 2.14. The highest BCUT2D eigenvalue weighted by Gasteiger charge is 2.14. The molecular formula is C14H23P. The van der Waals surface area contributed by atoms with Crippen molar-refractivity contribution in [2.24, 2.45) is 11.3 Å². The van der Waals surface area contributed by atoms with Crippen LogP contribution in [-0.2, 0) is 0 Å². The largest absolute Gasteiger partial charge is 0.0901 e. The molecular weight excluding hydrogens is 199 g/mol. The Balaban J connectivity index is 2.32. The minimum atomic E-state index is 0.473. The third kappa shape index (κ3) is 5.95. The summed E-state index contributed by atoms with van der Waals surface area (Å²) in [6.07, 6.45) is 2.66. The summed E-state index contributed by atoms with van der Waals surface area (Å²) in [6, 6.07) is 10.8. The first-order valence-corrected chi connectivity index (χ1v) is 6.97. The summed E-state index contributed by atoms with van der Waals surface area (Å²) in [4.78, 5) is 0. The van der Waals surface area contributed by atoms with E-state index in [1.54, 1.807) is 0 Å². The lowest BCUT2D eigenvalue weighted by atomic mass is 9.86. The van der Waals surface area contributed by atoms with Gasteiger partial charge in [0, 0.05) is 0 Å². The SMILES string of the molecule is CC(CPc1ccccc1)CC(C)(C)C. The normalized spacial score (nSPS) is 14.7. The van der Waals surface area contributed by atoms with Crippen LogP contribution in [0.2, 0.25) is 0 Å². The quantitative estimate of drug-likeness (QED) is 0.674. The third-order valence-electron chi connectivity index (χ3n) is 2.39. The summed E-state index contributed by atoms with van der Waals surface area (Å²) in [6.45, 7) is 9.36. The Kier molecular flexibility index (Phi) is 4.80. The van der Waals surface area contributed by atoms with Gasteiger partial charge in [-0.2, -0.15) is 0 Å². The van der Waals surface area contributed by atoms with E-state index in [0.717, 1.165) is 14.5 Å². The van der Waals surface area contributed by atoms with Gasteiger partial charge in [-0.05, 0) is 29.2 Å². The topological polar surface area (TPSA) is 0 Å². The van der Waals surface area contributed by atoms with Gasteiger partial charge in [0.05, 0.1) is 0 Å². The fourth-order valence-corrected chi connectivity index (χ4v) is 3.12. The smallest absolute Gasteiger partial charge is 0.0271 e. The summed E-state index contributed by atoms with van der Waals surface area (Å²) in [7, 11) is 0.971. The van der Waals surface area contributed by atoms with Crippen LogP contribution in [0.15, 0.2) is 30.3 Å². The fraction of sp³-hybridized carbons (Fsp3) is 0.571. The van der Waals surface area contributed by atoms with Crippen LogP contribution in [0.25, 0.3) is 0 Å². The lowest BCUT2D eigenvalue weighted by Crippen LogP contribution is -2.13. The van der Waals surface area contributed by atoms with Crippen molar-refractivity contribution in [3.8, 4) is 0 Å². The Morgan fingerprint density at radius 1 is 1.13 bits per heavy atom. The van der Waals surface area contributed by atoms with Crippen LogP contribution in [0.5, 0.6) is 0 Å². The molecule has 2 unspecified atom stereocenters. The van der Waals surface area contributed by atoms with Gasteiger partial charge in [-0.3, -0.25) is 0 Å². The molecule has 1 aromatic rings. The molecule has 0 N–H and O–H groups in total. The van der Waals surface area contributed by atoms with Crippen LogP contribution in [-0.4, -0.2) is 6.16 Å². The Morgan fingerprint density at radius 3 is 2.27 bits per heavy atom. The maximum atomic E-state index is 2.38. The molecule has 2 atom stereocenters. The van der Waals surface area contributed by atoms with Gasteiger partial charge in [0.1, 0.15) is 0 Å². The molecule has 15 heavy (non-hydrogen) atoms. The summed E-state index contributed by atoms with van der Waals surface area (Å²) < 4.78 is 0. The molecule has 0 aliphatic carbocycles. The van der Waals surface area contributed by atoms with Crippen molar-refractivity contribution >= 4 is 13.9 Å². The lowest BCUT2D eigenvalue weighted by Gasteiger charge is -2.23. The van der Waals surface area contributed by atoms with Gasteiger partial charge in [0.25, 0.3) is 0 Å². The molecule has 0 aliphatic heterocycles. The van der Waals surface area contributed by atoms with E-state index in [0.29, 0.717) is 5.41 Å². The third-order valence-corrected chi connectivity index (χ3v) is 4.03. The Hall–Kier alpha value is -0.350. The van der Waals surface area contributed by atoms with E-state index in [1.807, 2.05) is 0 Å². The standard InChI is InChI=1S/C14H23P/c1-12(10-14(2,3)4)11-15-13-8-6-5-7-9-13/h5-9,12,15H,10-11H2,1-4H3. The summed E-state index contributed by atoms with van der Waals surface area (Å²) in [5, 5.41) is 1.50. The Bertz CT molecular complexity index is 271. The number of hydrogen-bond donors (Lipinski definition) is 0. The van der Waals surface area contributed by atoms with Crippen molar-refractivity contribution in [3.05, 3.63) is 30.3 Å². The Morgan fingerprint density at radius 2 is 1.73 bits per heavy atom. The predicted octanol–water partition coefficient (Wildman–Crippen LogP) is 4.06. The summed E-state index contributed by atoms with van der Waals surface area (Å²) >= 11 is 0. The molecule has 0 aliphatic rings. The van der Waals surface area contributed by atoms with E-state index in [-0.39, 0.29) is 0 Å². The predicted molar refractivity (Wildman–Crippen MR) is 72.5 cm³/mol. The Labute approximate surface area is 96.3 Å². The van der Waals surface area contributed by atoms with Gasteiger partial charge in [-0.15, -0.1) is 0 Å². The summed E-state index contributed by atoms with van der Waals surface area (Å²) in [5.41, 5.74) is 0.473. The number of rotatable bonds is 4. The van der Waals surface area contributed by atoms with E-state index in [9.17, 15) is 0 Å². The van der Waals surface area contributed by atoms with Gasteiger partial charge in [0.15, 0.2) is 0 Å². The highest BCUT2D eigenvalue weighted by Crippen LogP contribution is 2.27. The zero-order valence-corrected chi connectivity index (χ0v) is 11.4. The highest BCUT2D eigenvalue weighted by molar-refractivity contribution is 7.47. The molecule has 1 rings (SSSR count). The first-order chi connectivity index (χ1) is 6.97. The zero-order valence-electron chi connectivity index (χ0n) is 10.4. The van der Waals surface area contributed by atoms with Crippen LogP contribution >= 0.6 is 8.58 Å². The second kappa shape index (κ2) is 5.66. The molecule has 1 aromatic carbocycles. The first-order valence-electron chi connectivity index (χ1n) is 5.76. The van der Waals surface area contributed by atoms with E-state index >= 15 is 0 Å². The van der Waals surface area contributed by atoms with E-state index < -0.39 is 0 Å². The molecule has 0 heterocycles. The van der Waals surface area contributed by atoms with Crippen molar-refractivity contribution in [3.63, 3.8) is 0 Å². The van der Waals surface area contributed by atoms with Crippen LogP contribution in [0.1, 0.15) is 34.1 Å². The van der Waals surface area contributed by atoms with Crippen LogP contribution in [0, 0.1) is 11.3 Å². The maximum absolute atomic E-state index is 2.38. The molecule has 0 fully saturated rings. The second-order valence-corrected chi connectivity index (χ2v) is 6.96. The van der Waals surface area contributed by atoms with Crippen LogP contribution < -0.4 is 5.30 Å². The number of benzene rings is 1. The minimum absolute atomic E-state index is 0.473. The first kappa shape index (κ1) is 12.7. The van der Waals surface area contributed by atoms with Crippen LogP contribution in [0.3, 0.4) is 0 Å². The number of hydrogen-bond acceptors (Lipinski definition) is 0. The minimum Gasteiger partial charge on any atom is -0.0901 e. The zero-order chi connectivity index (χ0) is 11.3. The molecule has 84 valence electrons. The average molecular weight is 222 g/mol. The molecule has 0 bridgehead atoms. The van der Waals surface area contributed by atoms with Gasteiger partial charge in [-0.25, -0.2) is 0 Å². The molecule has 1 heteroatoms. The van der Waals surface area contributed by atoms with Gasteiger partial charge < -0.3 is 0 Å². The summed E-state index contributed by atoms with van der Waals surface area (Å²) in [5.74, 6) is 0.837. The van der Waals surface area contributed by atoms with Crippen molar-refractivity contribution in [1.82, 2.24) is 0 Å². The van der Waals surface area contributed by atoms with E-state index in [2.05, 4.69) is 58.0 Å².